The Morgan fingerprint density at radius 3 is 2.53 bits per heavy atom. The summed E-state index contributed by atoms with van der Waals surface area (Å²) in [5.74, 6) is -0.0479. The second-order valence-electron chi connectivity index (χ2n) is 7.40. The fourth-order valence-electron chi connectivity index (χ4n) is 3.27. The Morgan fingerprint density at radius 1 is 1.26 bits per heavy atom. The second-order valence-corrected chi connectivity index (χ2v) is 9.29. The smallest absolute Gasteiger partial charge is 0.414 e. The molecule has 2 aromatic carbocycles. The first-order valence-corrected chi connectivity index (χ1v) is 11.2. The van der Waals surface area contributed by atoms with Crippen LogP contribution in [0.4, 0.5) is 4.79 Å². The van der Waals surface area contributed by atoms with E-state index in [9.17, 15) is 23.3 Å². The number of nitriles is 1. The summed E-state index contributed by atoms with van der Waals surface area (Å²) < 4.78 is 37.2. The van der Waals surface area contributed by atoms with Crippen LogP contribution in [0.5, 0.6) is 5.75 Å². The third-order valence-corrected chi connectivity index (χ3v) is 6.51. The van der Waals surface area contributed by atoms with Gasteiger partial charge in [-0.25, -0.2) is 22.7 Å². The van der Waals surface area contributed by atoms with Gasteiger partial charge in [0.05, 0.1) is 22.1 Å². The number of hydrogen-bond acceptors (Lipinski definition) is 8. The van der Waals surface area contributed by atoms with Gasteiger partial charge < -0.3 is 19.8 Å². The van der Waals surface area contributed by atoms with Gasteiger partial charge in [0, 0.05) is 76.9 Å². The van der Waals surface area contributed by atoms with Crippen molar-refractivity contribution in [2.45, 2.75) is 17.9 Å². The summed E-state index contributed by atoms with van der Waals surface area (Å²) in [6, 6.07) is 9.64. The molecule has 1 atom stereocenters. The summed E-state index contributed by atoms with van der Waals surface area (Å²) in [5, 5.41) is 9.96. The van der Waals surface area contributed by atoms with E-state index in [-0.39, 0.29) is 78.7 Å². The van der Waals surface area contributed by atoms with Gasteiger partial charge in [0.25, 0.3) is 0 Å². The third-order valence-electron chi connectivity index (χ3n) is 5.10. The van der Waals surface area contributed by atoms with Crippen LogP contribution in [0.3, 0.4) is 0 Å². The zero-order valence-corrected chi connectivity index (χ0v) is 23.3. The number of carbonyl (C=O) groups excluding carboxylic acids is 1. The second kappa shape index (κ2) is 11.1. The fraction of sp³-hybridized carbons (Fsp3) is 0.227. The van der Waals surface area contributed by atoms with Gasteiger partial charge in [0.2, 0.25) is 10.0 Å². The first kappa shape index (κ1) is 28.2. The van der Waals surface area contributed by atoms with E-state index < -0.39 is 27.8 Å². The molecule has 0 saturated carbocycles. The molecule has 12 heteroatoms. The van der Waals surface area contributed by atoms with Gasteiger partial charge in [-0.2, -0.15) is 5.26 Å². The van der Waals surface area contributed by atoms with E-state index in [2.05, 4.69) is 4.72 Å². The molecule has 1 unspecified atom stereocenters. The molecule has 3 rings (SSSR count). The predicted molar refractivity (Wildman–Crippen MR) is 126 cm³/mol. The zero-order valence-electron chi connectivity index (χ0n) is 19.4. The number of nitrogens with two attached hydrogens (primary N) is 1. The number of sulfonamides is 1. The number of hydrogen-bond donors (Lipinski definition) is 2. The average molecular weight is 510 g/mol. The Bertz CT molecular complexity index is 1460. The Morgan fingerprint density at radius 2 is 1.94 bits per heavy atom. The SMILES string of the molecule is CNS(=O)(=O)c1cccc(C(N)c2c(C)c3cc(C#N)c(OC(=O)N(C)C)cc3oc2=O)c1.[K]. The first-order valence-electron chi connectivity index (χ1n) is 9.69. The van der Waals surface area contributed by atoms with E-state index in [4.69, 9.17) is 14.9 Å². The van der Waals surface area contributed by atoms with Crippen molar-refractivity contribution in [3.05, 3.63) is 69.1 Å². The monoisotopic (exact) mass is 509 g/mol. The number of fused-ring (bicyclic) bond motifs is 1. The molecular weight excluding hydrogens is 487 g/mol. The van der Waals surface area contributed by atoms with Gasteiger partial charge in [-0.05, 0) is 43.3 Å². The first-order chi connectivity index (χ1) is 15.5. The van der Waals surface area contributed by atoms with Gasteiger partial charge >= 0.3 is 11.7 Å². The fourth-order valence-corrected chi connectivity index (χ4v) is 4.05. The molecule has 0 aliphatic heterocycles. The number of rotatable bonds is 5. The number of benzene rings is 2. The molecule has 34 heavy (non-hydrogen) atoms. The molecule has 10 nitrogen and oxygen atoms in total. The Kier molecular flexibility index (Phi) is 9.20. The molecule has 1 aromatic heterocycles. The van der Waals surface area contributed by atoms with Crippen molar-refractivity contribution >= 4 is 78.5 Å². The van der Waals surface area contributed by atoms with Crippen LogP contribution in [-0.4, -0.2) is 91.9 Å². The molecule has 3 N–H and O–H groups in total. The topological polar surface area (TPSA) is 156 Å². The van der Waals surface area contributed by atoms with Crippen molar-refractivity contribution in [2.75, 3.05) is 21.1 Å². The quantitative estimate of drug-likeness (QED) is 0.388. The molecule has 173 valence electrons. The molecule has 0 bridgehead atoms. The van der Waals surface area contributed by atoms with Crippen LogP contribution >= 0.6 is 0 Å². The van der Waals surface area contributed by atoms with Crippen molar-refractivity contribution in [3.63, 3.8) is 0 Å². The number of nitrogens with one attached hydrogen (secondary N) is 1. The van der Waals surface area contributed by atoms with Gasteiger partial charge in [0.15, 0.2) is 5.75 Å². The van der Waals surface area contributed by atoms with E-state index in [0.29, 0.717) is 16.5 Å². The summed E-state index contributed by atoms with van der Waals surface area (Å²) in [6.07, 6.45) is -0.694. The molecular formula is C22H22KN4O6S. The van der Waals surface area contributed by atoms with Crippen LogP contribution < -0.4 is 20.8 Å². The Hall–Kier alpha value is -2.08. The number of ether oxygens (including phenoxy) is 1. The van der Waals surface area contributed by atoms with E-state index in [1.54, 1.807) is 13.0 Å². The summed E-state index contributed by atoms with van der Waals surface area (Å²) in [5.41, 5.74) is 6.75. The van der Waals surface area contributed by atoms with E-state index >= 15 is 0 Å². The molecule has 0 spiro atoms. The molecule has 0 saturated heterocycles. The minimum absolute atomic E-state index is 0. The van der Waals surface area contributed by atoms with Crippen molar-refractivity contribution in [1.29, 1.82) is 5.26 Å². The van der Waals surface area contributed by atoms with Crippen LogP contribution in [0.1, 0.15) is 28.3 Å². The largest absolute Gasteiger partial charge is 0.422 e. The molecule has 1 radical (unpaired) electrons. The number of nitrogens with zero attached hydrogens (tertiary/aromatic N) is 2. The van der Waals surface area contributed by atoms with Crippen LogP contribution in [0, 0.1) is 18.3 Å². The van der Waals surface area contributed by atoms with Crippen LogP contribution in [0.15, 0.2) is 50.5 Å². The Balaban J connectivity index is 0.00000408. The third kappa shape index (κ3) is 5.59. The molecule has 1 amide bonds. The van der Waals surface area contributed by atoms with Crippen molar-refractivity contribution in [3.8, 4) is 11.8 Å². The normalized spacial score (nSPS) is 11.9. The average Bonchev–Trinajstić information content (AvgIpc) is 2.78. The maximum absolute atomic E-state index is 12.8. The van der Waals surface area contributed by atoms with E-state index in [0.717, 1.165) is 0 Å². The van der Waals surface area contributed by atoms with Gasteiger partial charge in [-0.3, -0.25) is 0 Å². The van der Waals surface area contributed by atoms with E-state index in [1.807, 2.05) is 6.07 Å². The maximum atomic E-state index is 12.8. The minimum atomic E-state index is -3.71. The summed E-state index contributed by atoms with van der Waals surface area (Å²) in [6.45, 7) is 1.65. The van der Waals surface area contributed by atoms with Crippen LogP contribution in [-0.2, 0) is 10.0 Å². The summed E-state index contributed by atoms with van der Waals surface area (Å²) >= 11 is 0. The van der Waals surface area contributed by atoms with Crippen molar-refractivity contribution < 1.29 is 22.4 Å². The summed E-state index contributed by atoms with van der Waals surface area (Å²) in [7, 11) is 0.564. The van der Waals surface area contributed by atoms with Gasteiger partial charge in [0.1, 0.15) is 11.7 Å². The van der Waals surface area contributed by atoms with Gasteiger partial charge in [-0.1, -0.05) is 12.1 Å². The van der Waals surface area contributed by atoms with Crippen LogP contribution in [0.25, 0.3) is 11.0 Å². The van der Waals surface area contributed by atoms with Gasteiger partial charge in [-0.15, -0.1) is 0 Å². The van der Waals surface area contributed by atoms with Crippen molar-refractivity contribution in [2.24, 2.45) is 5.73 Å². The summed E-state index contributed by atoms with van der Waals surface area (Å²) in [4.78, 5) is 25.9. The van der Waals surface area contributed by atoms with Crippen LogP contribution in [0.2, 0.25) is 0 Å². The number of aryl methyl sites for hydroxylation is 1. The van der Waals surface area contributed by atoms with Crippen molar-refractivity contribution in [1.82, 2.24) is 9.62 Å². The molecule has 3 aromatic rings. The standard InChI is InChI=1S/C22H22N4O6S.K/c1-12-16-9-14(11-23)17(32-22(28)26(3)4)10-18(16)31-21(27)19(12)20(24)13-6-5-7-15(8-13)33(29,30)25-2;/h5-10,20,25H,24H2,1-4H3;. The zero-order chi connectivity index (χ0) is 24.5. The molecule has 1 heterocycles. The predicted octanol–water partition coefficient (Wildman–Crippen LogP) is 1.61. The number of amides is 1. The number of carbonyl (C=O) groups is 1. The molecule has 0 fully saturated rings. The maximum Gasteiger partial charge on any atom is 0.414 e. The minimum Gasteiger partial charge on any atom is -0.422 e. The molecule has 0 aliphatic carbocycles. The Labute approximate surface area is 239 Å². The van der Waals surface area contributed by atoms with E-state index in [1.165, 1.54) is 56.4 Å². The molecule has 0 aliphatic rings.